The predicted octanol–water partition coefficient (Wildman–Crippen LogP) is 4.52. The summed E-state index contributed by atoms with van der Waals surface area (Å²) in [6, 6.07) is 4.22. The Morgan fingerprint density at radius 3 is 2.65 bits per heavy atom. The van der Waals surface area contributed by atoms with E-state index in [1.807, 2.05) is 19.9 Å². The van der Waals surface area contributed by atoms with Crippen LogP contribution in [0.3, 0.4) is 0 Å². The summed E-state index contributed by atoms with van der Waals surface area (Å²) in [4.78, 5) is 0. The van der Waals surface area contributed by atoms with E-state index in [2.05, 4.69) is 21.2 Å². The molecule has 0 aliphatic carbocycles. The number of nitrogens with one attached hydrogen (secondary N) is 1. The lowest BCUT2D eigenvalue weighted by Gasteiger charge is -2.18. The second-order valence-electron chi connectivity index (χ2n) is 4.60. The first-order valence-electron chi connectivity index (χ1n) is 6.44. The normalized spacial score (nSPS) is 12.7. The highest BCUT2D eigenvalue weighted by molar-refractivity contribution is 9.10. The molecule has 0 fully saturated rings. The Morgan fingerprint density at radius 1 is 1.30 bits per heavy atom. The van der Waals surface area contributed by atoms with Crippen LogP contribution in [0, 0.1) is 18.6 Å². The van der Waals surface area contributed by atoms with Crippen molar-refractivity contribution in [2.75, 3.05) is 6.54 Å². The molecule has 0 radical (unpaired) electrons. The van der Waals surface area contributed by atoms with Gasteiger partial charge in [0.25, 0.3) is 0 Å². The van der Waals surface area contributed by atoms with Crippen LogP contribution in [0.5, 0.6) is 0 Å². The van der Waals surface area contributed by atoms with Crippen molar-refractivity contribution in [2.45, 2.75) is 26.3 Å². The van der Waals surface area contributed by atoms with Gasteiger partial charge >= 0.3 is 0 Å². The van der Waals surface area contributed by atoms with Crippen LogP contribution in [-0.4, -0.2) is 6.54 Å². The quantitative estimate of drug-likeness (QED) is 0.807. The fourth-order valence-electron chi connectivity index (χ4n) is 2.21. The van der Waals surface area contributed by atoms with Crippen molar-refractivity contribution in [3.8, 4) is 0 Å². The number of furan rings is 1. The molecule has 2 nitrogen and oxygen atoms in total. The molecule has 1 heterocycles. The first kappa shape index (κ1) is 15.2. The zero-order valence-electron chi connectivity index (χ0n) is 11.3. The molecule has 1 unspecified atom stereocenters. The number of halogens is 3. The number of aryl methyl sites for hydroxylation is 1. The summed E-state index contributed by atoms with van der Waals surface area (Å²) >= 11 is 3.09. The first-order valence-corrected chi connectivity index (χ1v) is 7.23. The lowest BCUT2D eigenvalue weighted by molar-refractivity contribution is 0.404. The Hall–Kier alpha value is -1.20. The van der Waals surface area contributed by atoms with Gasteiger partial charge in [-0.05, 0) is 53.2 Å². The summed E-state index contributed by atoms with van der Waals surface area (Å²) in [5, 5.41) is 3.21. The molecular formula is C15H16BrF2NO. The molecule has 1 N–H and O–H groups in total. The molecule has 0 amide bonds. The van der Waals surface area contributed by atoms with Gasteiger partial charge in [0.05, 0.1) is 16.8 Å². The van der Waals surface area contributed by atoms with Gasteiger partial charge in [0.15, 0.2) is 0 Å². The summed E-state index contributed by atoms with van der Waals surface area (Å²) in [7, 11) is 0. The molecule has 0 aliphatic heterocycles. The zero-order valence-corrected chi connectivity index (χ0v) is 12.9. The molecule has 108 valence electrons. The molecule has 2 rings (SSSR count). The fraction of sp³-hybridized carbons (Fsp3) is 0.333. The molecule has 1 aromatic carbocycles. The van der Waals surface area contributed by atoms with Crippen LogP contribution in [0.25, 0.3) is 0 Å². The van der Waals surface area contributed by atoms with Crippen molar-refractivity contribution in [3.63, 3.8) is 0 Å². The van der Waals surface area contributed by atoms with Gasteiger partial charge in [-0.25, -0.2) is 8.78 Å². The van der Waals surface area contributed by atoms with E-state index < -0.39 is 11.6 Å². The minimum absolute atomic E-state index is 0.0566. The van der Waals surface area contributed by atoms with E-state index >= 15 is 0 Å². The Morgan fingerprint density at radius 2 is 2.05 bits per heavy atom. The molecule has 0 saturated heterocycles. The van der Waals surface area contributed by atoms with E-state index in [1.54, 1.807) is 6.26 Å². The Kier molecular flexibility index (Phi) is 4.94. The van der Waals surface area contributed by atoms with Gasteiger partial charge in [0.1, 0.15) is 17.4 Å². The first-order chi connectivity index (χ1) is 9.54. The average Bonchev–Trinajstić information content (AvgIpc) is 2.84. The molecule has 0 aliphatic rings. The maximum Gasteiger partial charge on any atom is 0.143 e. The van der Waals surface area contributed by atoms with Crippen LogP contribution in [0.4, 0.5) is 8.78 Å². The van der Waals surface area contributed by atoms with Crippen molar-refractivity contribution in [1.82, 2.24) is 5.32 Å². The van der Waals surface area contributed by atoms with E-state index in [4.69, 9.17) is 4.42 Å². The van der Waals surface area contributed by atoms with Crippen molar-refractivity contribution in [1.29, 1.82) is 0 Å². The second kappa shape index (κ2) is 6.50. The number of benzene rings is 1. The number of likely N-dealkylation sites (N-methyl/N-ethyl adjacent to an activating group) is 1. The Balaban J connectivity index is 2.34. The van der Waals surface area contributed by atoms with Gasteiger partial charge in [-0.2, -0.15) is 0 Å². The predicted molar refractivity (Wildman–Crippen MR) is 77.6 cm³/mol. The summed E-state index contributed by atoms with van der Waals surface area (Å²) in [6.45, 7) is 4.54. The maximum absolute atomic E-state index is 14.1. The molecule has 5 heteroatoms. The van der Waals surface area contributed by atoms with E-state index in [1.165, 1.54) is 12.1 Å². The molecule has 0 bridgehead atoms. The van der Waals surface area contributed by atoms with Crippen molar-refractivity contribution < 1.29 is 13.2 Å². The van der Waals surface area contributed by atoms with Gasteiger partial charge in [-0.1, -0.05) is 6.92 Å². The number of rotatable bonds is 5. The monoisotopic (exact) mass is 343 g/mol. The third kappa shape index (κ3) is 3.10. The third-order valence-electron chi connectivity index (χ3n) is 3.22. The summed E-state index contributed by atoms with van der Waals surface area (Å²) in [6.07, 6.45) is 1.78. The van der Waals surface area contributed by atoms with Gasteiger partial charge in [0, 0.05) is 12.0 Å². The van der Waals surface area contributed by atoms with Crippen molar-refractivity contribution >= 4 is 15.9 Å². The summed E-state index contributed by atoms with van der Waals surface area (Å²) in [5.74, 6) is -0.388. The molecule has 0 spiro atoms. The fourth-order valence-corrected chi connectivity index (χ4v) is 2.58. The average molecular weight is 344 g/mol. The van der Waals surface area contributed by atoms with E-state index in [0.717, 1.165) is 5.56 Å². The lowest BCUT2D eigenvalue weighted by Crippen LogP contribution is -2.24. The summed E-state index contributed by atoms with van der Waals surface area (Å²) < 4.78 is 33.6. The Bertz CT molecular complexity index is 598. The second-order valence-corrected chi connectivity index (χ2v) is 5.46. The summed E-state index contributed by atoms with van der Waals surface area (Å²) in [5.41, 5.74) is 1.02. The van der Waals surface area contributed by atoms with Crippen LogP contribution in [-0.2, 0) is 6.42 Å². The van der Waals surface area contributed by atoms with Crippen LogP contribution < -0.4 is 5.32 Å². The highest BCUT2D eigenvalue weighted by Gasteiger charge is 2.21. The van der Waals surface area contributed by atoms with Gasteiger partial charge < -0.3 is 9.73 Å². The van der Waals surface area contributed by atoms with Gasteiger partial charge in [-0.15, -0.1) is 0 Å². The van der Waals surface area contributed by atoms with Crippen molar-refractivity contribution in [2.24, 2.45) is 0 Å². The number of hydrogen-bond donors (Lipinski definition) is 1. The van der Waals surface area contributed by atoms with Crippen LogP contribution in [0.1, 0.15) is 29.9 Å². The van der Waals surface area contributed by atoms with Gasteiger partial charge in [0.2, 0.25) is 0 Å². The van der Waals surface area contributed by atoms with E-state index in [-0.39, 0.29) is 22.5 Å². The zero-order chi connectivity index (χ0) is 14.7. The van der Waals surface area contributed by atoms with Crippen LogP contribution in [0.2, 0.25) is 0 Å². The minimum atomic E-state index is -0.558. The highest BCUT2D eigenvalue weighted by atomic mass is 79.9. The molecule has 0 saturated carbocycles. The van der Waals surface area contributed by atoms with Crippen LogP contribution >= 0.6 is 15.9 Å². The number of hydrogen-bond acceptors (Lipinski definition) is 2. The Labute approximate surface area is 125 Å². The molecule has 2 aromatic rings. The van der Waals surface area contributed by atoms with Crippen LogP contribution in [0.15, 0.2) is 33.4 Å². The van der Waals surface area contributed by atoms with E-state index in [9.17, 15) is 8.78 Å². The largest absolute Gasteiger partial charge is 0.467 e. The van der Waals surface area contributed by atoms with E-state index in [0.29, 0.717) is 12.3 Å². The molecular weight excluding hydrogens is 328 g/mol. The van der Waals surface area contributed by atoms with Crippen molar-refractivity contribution in [3.05, 3.63) is 57.5 Å². The maximum atomic E-state index is 14.1. The highest BCUT2D eigenvalue weighted by Crippen LogP contribution is 2.28. The topological polar surface area (TPSA) is 25.2 Å². The SMILES string of the molecule is CCNC(Cc1c(F)ccc(Br)c1F)c1occc1C. The molecule has 1 atom stereocenters. The smallest absolute Gasteiger partial charge is 0.143 e. The standard InChI is InChI=1S/C15H16BrF2NO/c1-3-19-13(15-9(2)6-7-20-15)8-10-12(17)5-4-11(16)14(10)18/h4-7,13,19H,3,8H2,1-2H3. The van der Waals surface area contributed by atoms with Gasteiger partial charge in [-0.3, -0.25) is 0 Å². The minimum Gasteiger partial charge on any atom is -0.467 e. The molecule has 20 heavy (non-hydrogen) atoms. The third-order valence-corrected chi connectivity index (χ3v) is 3.83. The molecule has 1 aromatic heterocycles. The lowest BCUT2D eigenvalue weighted by atomic mass is 10.0.